The number of benzene rings is 1. The maximum atomic E-state index is 9.01. The lowest BCUT2D eigenvalue weighted by Gasteiger charge is -2.42. The van der Waals surface area contributed by atoms with Crippen LogP contribution in [0.2, 0.25) is 0 Å². The zero-order chi connectivity index (χ0) is 19.9. The number of aliphatic hydroxyl groups excluding tert-OH is 1. The Morgan fingerprint density at radius 1 is 1.18 bits per heavy atom. The van der Waals surface area contributed by atoms with Gasteiger partial charge < -0.3 is 15.3 Å². The first-order valence-electron chi connectivity index (χ1n) is 10.5. The Morgan fingerprint density at radius 2 is 1.93 bits per heavy atom. The second-order valence-electron chi connectivity index (χ2n) is 9.65. The minimum absolute atomic E-state index is 0.198. The number of aromatic nitrogens is 1. The van der Waals surface area contributed by atoms with Crippen molar-refractivity contribution in [2.75, 3.05) is 31.1 Å². The molecule has 28 heavy (non-hydrogen) atoms. The maximum Gasteiger partial charge on any atom is 0.185 e. The summed E-state index contributed by atoms with van der Waals surface area (Å²) in [7, 11) is 0. The third kappa shape index (κ3) is 3.72. The molecule has 2 N–H and O–H groups in total. The Hall–Kier alpha value is -1.43. The predicted molar refractivity (Wildman–Crippen MR) is 119 cm³/mol. The smallest absolute Gasteiger partial charge is 0.185 e. The van der Waals surface area contributed by atoms with Gasteiger partial charge in [-0.1, -0.05) is 39.8 Å². The molecule has 1 aromatic heterocycles. The van der Waals surface area contributed by atoms with Crippen LogP contribution in [0.3, 0.4) is 0 Å². The molecule has 1 saturated heterocycles. The summed E-state index contributed by atoms with van der Waals surface area (Å²) in [6.07, 6.45) is 3.58. The summed E-state index contributed by atoms with van der Waals surface area (Å²) in [5, 5.41) is 15.7. The van der Waals surface area contributed by atoms with Gasteiger partial charge in [0.1, 0.15) is 0 Å². The van der Waals surface area contributed by atoms with Crippen molar-refractivity contribution in [2.24, 2.45) is 0 Å². The number of thiazole rings is 1. The summed E-state index contributed by atoms with van der Waals surface area (Å²) in [5.41, 5.74) is 5.80. The second kappa shape index (κ2) is 7.43. The molecule has 1 aromatic carbocycles. The first kappa shape index (κ1) is 19.9. The van der Waals surface area contributed by atoms with Gasteiger partial charge in [0.05, 0.1) is 12.3 Å². The van der Waals surface area contributed by atoms with E-state index < -0.39 is 0 Å². The van der Waals surface area contributed by atoms with Crippen molar-refractivity contribution >= 4 is 16.5 Å². The van der Waals surface area contributed by atoms with Gasteiger partial charge in [-0.2, -0.15) is 0 Å². The summed E-state index contributed by atoms with van der Waals surface area (Å²) in [5.74, 6) is 0. The zero-order valence-corrected chi connectivity index (χ0v) is 18.4. The fourth-order valence-electron chi connectivity index (χ4n) is 4.66. The molecule has 2 heterocycles. The summed E-state index contributed by atoms with van der Waals surface area (Å²) >= 11 is 1.74. The Morgan fingerprint density at radius 3 is 2.68 bits per heavy atom. The van der Waals surface area contributed by atoms with E-state index in [1.54, 1.807) is 11.3 Å². The van der Waals surface area contributed by atoms with E-state index in [4.69, 9.17) is 10.1 Å². The highest BCUT2D eigenvalue weighted by molar-refractivity contribution is 7.14. The maximum absolute atomic E-state index is 9.01. The molecule has 0 amide bonds. The first-order chi connectivity index (χ1) is 13.3. The molecule has 1 aliphatic heterocycles. The van der Waals surface area contributed by atoms with Gasteiger partial charge in [0.15, 0.2) is 5.13 Å². The van der Waals surface area contributed by atoms with E-state index in [2.05, 4.69) is 61.5 Å². The summed E-state index contributed by atoms with van der Waals surface area (Å²) in [4.78, 5) is 7.35. The van der Waals surface area contributed by atoms with Gasteiger partial charge in [0, 0.05) is 36.6 Å². The number of hydrogen-bond acceptors (Lipinski definition) is 5. The van der Waals surface area contributed by atoms with E-state index in [9.17, 15) is 0 Å². The van der Waals surface area contributed by atoms with Crippen molar-refractivity contribution in [3.8, 4) is 11.3 Å². The van der Waals surface area contributed by atoms with Crippen LogP contribution in [0.4, 0.5) is 5.13 Å². The van der Waals surface area contributed by atoms with Crippen molar-refractivity contribution in [1.29, 1.82) is 0 Å². The van der Waals surface area contributed by atoms with Crippen LogP contribution < -0.4 is 10.2 Å². The van der Waals surface area contributed by atoms with Crippen molar-refractivity contribution in [2.45, 2.75) is 63.8 Å². The average Bonchev–Trinajstić information content (AvgIpc) is 3.33. The topological polar surface area (TPSA) is 48.4 Å². The molecule has 0 spiro atoms. The van der Waals surface area contributed by atoms with E-state index >= 15 is 0 Å². The highest BCUT2D eigenvalue weighted by Crippen LogP contribution is 2.46. The van der Waals surface area contributed by atoms with Gasteiger partial charge in [-0.3, -0.25) is 0 Å². The van der Waals surface area contributed by atoms with Crippen LogP contribution in [0, 0.1) is 0 Å². The normalized spacial score (nSPS) is 23.0. The van der Waals surface area contributed by atoms with Gasteiger partial charge >= 0.3 is 0 Å². The standard InChI is InChI=1S/C23H33N3OS/c1-22(2)8-9-23(3,4)19-13-16(5-6-18(19)22)20-15-28-21(25-20)26-11-7-17(14-26)24-10-12-27/h5-6,13,15,17,24,27H,7-12,14H2,1-4H3. The monoisotopic (exact) mass is 399 g/mol. The molecule has 2 aromatic rings. The lowest BCUT2D eigenvalue weighted by Crippen LogP contribution is -2.34. The number of nitrogens with one attached hydrogen (secondary N) is 1. The summed E-state index contributed by atoms with van der Waals surface area (Å²) < 4.78 is 0. The number of rotatable bonds is 5. The van der Waals surface area contributed by atoms with E-state index in [1.165, 1.54) is 29.5 Å². The van der Waals surface area contributed by atoms with Crippen molar-refractivity contribution < 1.29 is 5.11 Å². The first-order valence-corrected chi connectivity index (χ1v) is 11.4. The average molecular weight is 400 g/mol. The minimum atomic E-state index is 0.198. The van der Waals surface area contributed by atoms with Gasteiger partial charge in [-0.05, 0) is 47.3 Å². The van der Waals surface area contributed by atoms with Crippen LogP contribution in [0.25, 0.3) is 11.3 Å². The van der Waals surface area contributed by atoms with Crippen LogP contribution >= 0.6 is 11.3 Å². The van der Waals surface area contributed by atoms with Crippen molar-refractivity contribution in [3.63, 3.8) is 0 Å². The quantitative estimate of drug-likeness (QED) is 0.786. The Kier molecular flexibility index (Phi) is 5.27. The Balaban J connectivity index is 1.57. The highest BCUT2D eigenvalue weighted by atomic mass is 32.1. The molecular weight excluding hydrogens is 366 g/mol. The van der Waals surface area contributed by atoms with Gasteiger partial charge in [0.2, 0.25) is 0 Å². The van der Waals surface area contributed by atoms with E-state index in [0.29, 0.717) is 12.6 Å². The predicted octanol–water partition coefficient (Wildman–Crippen LogP) is 4.32. The molecule has 152 valence electrons. The SMILES string of the molecule is CC1(C)CCC(C)(C)c2cc(-c3csc(N4CCC(NCCO)C4)n3)ccc21. The molecule has 0 saturated carbocycles. The van der Waals surface area contributed by atoms with E-state index in [0.717, 1.165) is 30.3 Å². The Labute approximate surface area is 173 Å². The zero-order valence-electron chi connectivity index (χ0n) is 17.6. The molecule has 5 heteroatoms. The van der Waals surface area contributed by atoms with Gasteiger partial charge in [0.25, 0.3) is 0 Å². The second-order valence-corrected chi connectivity index (χ2v) is 10.5. The molecule has 1 atom stereocenters. The van der Waals surface area contributed by atoms with E-state index in [1.807, 2.05) is 0 Å². The third-order valence-electron chi connectivity index (χ3n) is 6.64. The fourth-order valence-corrected chi connectivity index (χ4v) is 5.53. The molecule has 2 aliphatic rings. The number of aliphatic hydroxyl groups is 1. The highest BCUT2D eigenvalue weighted by Gasteiger charge is 2.37. The summed E-state index contributed by atoms with van der Waals surface area (Å²) in [6.45, 7) is 12.4. The van der Waals surface area contributed by atoms with Crippen LogP contribution in [-0.2, 0) is 10.8 Å². The van der Waals surface area contributed by atoms with Crippen molar-refractivity contribution in [3.05, 3.63) is 34.7 Å². The van der Waals surface area contributed by atoms with Gasteiger partial charge in [-0.25, -0.2) is 4.98 Å². The molecular formula is C23H33N3OS. The molecule has 1 aliphatic carbocycles. The number of nitrogens with zero attached hydrogens (tertiary/aromatic N) is 2. The van der Waals surface area contributed by atoms with Crippen LogP contribution in [-0.4, -0.2) is 42.4 Å². The fraction of sp³-hybridized carbons (Fsp3) is 0.609. The minimum Gasteiger partial charge on any atom is -0.395 e. The van der Waals surface area contributed by atoms with E-state index in [-0.39, 0.29) is 17.4 Å². The number of hydrogen-bond donors (Lipinski definition) is 2. The summed E-state index contributed by atoms with van der Waals surface area (Å²) in [6, 6.07) is 7.45. The van der Waals surface area contributed by atoms with Crippen LogP contribution in [0.15, 0.2) is 23.6 Å². The molecule has 0 radical (unpaired) electrons. The van der Waals surface area contributed by atoms with Crippen LogP contribution in [0.5, 0.6) is 0 Å². The third-order valence-corrected chi connectivity index (χ3v) is 7.55. The Bertz CT molecular complexity index is 842. The lowest BCUT2D eigenvalue weighted by atomic mass is 9.63. The van der Waals surface area contributed by atoms with Gasteiger partial charge in [-0.15, -0.1) is 11.3 Å². The largest absolute Gasteiger partial charge is 0.395 e. The van der Waals surface area contributed by atoms with Crippen LogP contribution in [0.1, 0.15) is 58.1 Å². The molecule has 4 nitrogen and oxygen atoms in total. The number of anilines is 1. The lowest BCUT2D eigenvalue weighted by molar-refractivity contribution is 0.286. The van der Waals surface area contributed by atoms with Crippen molar-refractivity contribution in [1.82, 2.24) is 10.3 Å². The molecule has 4 rings (SSSR count). The molecule has 0 bridgehead atoms. The molecule has 1 unspecified atom stereocenters. The number of fused-ring (bicyclic) bond motifs is 1. The molecule has 1 fully saturated rings.